The van der Waals surface area contributed by atoms with Crippen LogP contribution in [0.2, 0.25) is 0 Å². The second-order valence-corrected chi connectivity index (χ2v) is 7.27. The van der Waals surface area contributed by atoms with Crippen LogP contribution in [0.5, 0.6) is 0 Å². The lowest BCUT2D eigenvalue weighted by Gasteiger charge is -2.35. The van der Waals surface area contributed by atoms with E-state index in [-0.39, 0.29) is 5.82 Å². The molecule has 1 saturated heterocycles. The number of rotatable bonds is 7. The Morgan fingerprint density at radius 3 is 2.59 bits per heavy atom. The minimum absolute atomic E-state index is 0.291. The number of benzene rings is 1. The summed E-state index contributed by atoms with van der Waals surface area (Å²) < 4.78 is 19.3. The number of hydrogen-bond acceptors (Lipinski definition) is 7. The molecule has 152 valence electrons. The van der Waals surface area contributed by atoms with Gasteiger partial charge in [0.1, 0.15) is 11.5 Å². The van der Waals surface area contributed by atoms with Crippen molar-refractivity contribution in [2.24, 2.45) is 0 Å². The van der Waals surface area contributed by atoms with Crippen LogP contribution in [-0.2, 0) is 6.54 Å². The fourth-order valence-corrected chi connectivity index (χ4v) is 3.47. The number of anilines is 1. The predicted octanol–water partition coefficient (Wildman–Crippen LogP) is 2.52. The van der Waals surface area contributed by atoms with Crippen LogP contribution in [0.1, 0.15) is 5.76 Å². The number of aromatic nitrogens is 3. The van der Waals surface area contributed by atoms with Gasteiger partial charge in [-0.15, -0.1) is 0 Å². The van der Waals surface area contributed by atoms with Gasteiger partial charge in [-0.1, -0.05) is 17.3 Å². The number of likely N-dealkylation sites (N-methyl/N-ethyl adjacent to an activating group) is 1. The van der Waals surface area contributed by atoms with Crippen molar-refractivity contribution in [1.82, 2.24) is 24.9 Å². The van der Waals surface area contributed by atoms with Crippen LogP contribution in [-0.4, -0.2) is 71.2 Å². The van der Waals surface area contributed by atoms with E-state index in [1.165, 1.54) is 6.07 Å². The fraction of sp³-hybridized carbons (Fsp3) is 0.381. The van der Waals surface area contributed by atoms with Crippen LogP contribution in [0, 0.1) is 5.82 Å². The first-order valence-electron chi connectivity index (χ1n) is 9.82. The molecule has 0 aliphatic carbocycles. The van der Waals surface area contributed by atoms with Gasteiger partial charge in [0.2, 0.25) is 5.95 Å². The van der Waals surface area contributed by atoms with Crippen molar-refractivity contribution in [3.05, 3.63) is 60.4 Å². The monoisotopic (exact) mass is 396 g/mol. The molecule has 1 aliphatic rings. The number of halogens is 1. The highest BCUT2D eigenvalue weighted by Crippen LogP contribution is 2.22. The minimum atomic E-state index is -0.291. The molecule has 0 unspecified atom stereocenters. The van der Waals surface area contributed by atoms with Gasteiger partial charge in [-0.3, -0.25) is 9.80 Å². The summed E-state index contributed by atoms with van der Waals surface area (Å²) in [6.45, 7) is 6.38. The van der Waals surface area contributed by atoms with Gasteiger partial charge in [0.05, 0.1) is 6.54 Å². The maximum atomic E-state index is 13.9. The van der Waals surface area contributed by atoms with E-state index in [0.29, 0.717) is 17.8 Å². The molecule has 0 atom stereocenters. The third-order valence-corrected chi connectivity index (χ3v) is 5.14. The van der Waals surface area contributed by atoms with E-state index in [4.69, 9.17) is 4.52 Å². The number of nitrogens with zero attached hydrogens (tertiary/aromatic N) is 6. The minimum Gasteiger partial charge on any atom is -0.359 e. The second kappa shape index (κ2) is 9.11. The van der Waals surface area contributed by atoms with Crippen LogP contribution in [0.25, 0.3) is 11.3 Å². The van der Waals surface area contributed by atoms with E-state index in [0.717, 1.165) is 51.0 Å². The molecule has 7 nitrogen and oxygen atoms in total. The maximum absolute atomic E-state index is 13.9. The molecular formula is C21H25FN6O. The van der Waals surface area contributed by atoms with E-state index in [1.807, 2.05) is 12.1 Å². The Morgan fingerprint density at radius 1 is 1.07 bits per heavy atom. The van der Waals surface area contributed by atoms with Gasteiger partial charge in [-0.05, 0) is 25.2 Å². The van der Waals surface area contributed by atoms with E-state index >= 15 is 0 Å². The summed E-state index contributed by atoms with van der Waals surface area (Å²) in [6.07, 6.45) is 3.56. The summed E-state index contributed by atoms with van der Waals surface area (Å²) in [5.41, 5.74) is 0.996. The van der Waals surface area contributed by atoms with Crippen molar-refractivity contribution in [1.29, 1.82) is 0 Å². The van der Waals surface area contributed by atoms with E-state index in [1.54, 1.807) is 30.6 Å². The molecule has 0 spiro atoms. The molecule has 0 amide bonds. The van der Waals surface area contributed by atoms with Gasteiger partial charge >= 0.3 is 0 Å². The van der Waals surface area contributed by atoms with Crippen molar-refractivity contribution in [2.45, 2.75) is 6.54 Å². The largest absolute Gasteiger partial charge is 0.359 e. The average Bonchev–Trinajstić information content (AvgIpc) is 3.22. The molecule has 0 bridgehead atoms. The Hall–Kier alpha value is -2.84. The van der Waals surface area contributed by atoms with E-state index in [2.05, 4.69) is 36.9 Å². The zero-order valence-electron chi connectivity index (χ0n) is 16.5. The predicted molar refractivity (Wildman–Crippen MR) is 109 cm³/mol. The lowest BCUT2D eigenvalue weighted by molar-refractivity contribution is 0.201. The van der Waals surface area contributed by atoms with Crippen molar-refractivity contribution < 1.29 is 8.91 Å². The SMILES string of the molecule is CN(CCN1CCN(c2ncccn2)CC1)Cc1cc(-c2ccccc2F)no1. The molecule has 29 heavy (non-hydrogen) atoms. The summed E-state index contributed by atoms with van der Waals surface area (Å²) >= 11 is 0. The van der Waals surface area contributed by atoms with Crippen LogP contribution in [0.4, 0.5) is 10.3 Å². The summed E-state index contributed by atoms with van der Waals surface area (Å²) in [5, 5.41) is 4.02. The molecule has 3 aromatic rings. The highest BCUT2D eigenvalue weighted by atomic mass is 19.1. The van der Waals surface area contributed by atoms with Crippen molar-refractivity contribution in [2.75, 3.05) is 51.2 Å². The Kier molecular flexibility index (Phi) is 6.12. The normalized spacial score (nSPS) is 15.2. The molecule has 1 aliphatic heterocycles. The first-order chi connectivity index (χ1) is 14.2. The standard InChI is InChI=1S/C21H25FN6O/c1-26(16-17-15-20(25-29-17)18-5-2-3-6-19(18)22)9-10-27-11-13-28(14-12-27)21-23-7-4-8-24-21/h2-8,15H,9-14,16H2,1H3. The molecule has 4 rings (SSSR count). The first kappa shape index (κ1) is 19.5. The topological polar surface area (TPSA) is 61.5 Å². The van der Waals surface area contributed by atoms with Crippen molar-refractivity contribution in [3.8, 4) is 11.3 Å². The first-order valence-corrected chi connectivity index (χ1v) is 9.82. The molecule has 1 aromatic carbocycles. The zero-order chi connectivity index (χ0) is 20.1. The van der Waals surface area contributed by atoms with Crippen LogP contribution in [0.15, 0.2) is 53.3 Å². The molecule has 0 N–H and O–H groups in total. The Labute approximate surface area is 169 Å². The van der Waals surface area contributed by atoms with Gasteiger partial charge in [0, 0.05) is 63.3 Å². The summed E-state index contributed by atoms with van der Waals surface area (Å²) in [6, 6.07) is 10.3. The molecule has 1 fully saturated rings. The van der Waals surface area contributed by atoms with Gasteiger partial charge in [-0.25, -0.2) is 14.4 Å². The van der Waals surface area contributed by atoms with Crippen LogP contribution < -0.4 is 4.90 Å². The number of piperazine rings is 1. The zero-order valence-corrected chi connectivity index (χ0v) is 16.5. The molecule has 0 saturated carbocycles. The molecule has 2 aromatic heterocycles. The molecule has 3 heterocycles. The average molecular weight is 396 g/mol. The van der Waals surface area contributed by atoms with Crippen molar-refractivity contribution >= 4 is 5.95 Å². The lowest BCUT2D eigenvalue weighted by Crippen LogP contribution is -2.48. The highest BCUT2D eigenvalue weighted by Gasteiger charge is 2.19. The quantitative estimate of drug-likeness (QED) is 0.608. The summed E-state index contributed by atoms with van der Waals surface area (Å²) in [4.78, 5) is 15.5. The third-order valence-electron chi connectivity index (χ3n) is 5.14. The van der Waals surface area contributed by atoms with Crippen LogP contribution in [0.3, 0.4) is 0 Å². The van der Waals surface area contributed by atoms with Gasteiger partial charge in [-0.2, -0.15) is 0 Å². The fourth-order valence-electron chi connectivity index (χ4n) is 3.47. The van der Waals surface area contributed by atoms with Gasteiger partial charge < -0.3 is 9.42 Å². The smallest absolute Gasteiger partial charge is 0.225 e. The Balaban J connectivity index is 1.23. The Bertz CT molecular complexity index is 910. The lowest BCUT2D eigenvalue weighted by atomic mass is 10.1. The maximum Gasteiger partial charge on any atom is 0.225 e. The highest BCUT2D eigenvalue weighted by molar-refractivity contribution is 5.59. The second-order valence-electron chi connectivity index (χ2n) is 7.27. The molecule has 0 radical (unpaired) electrons. The molecule has 8 heteroatoms. The van der Waals surface area contributed by atoms with E-state index < -0.39 is 0 Å². The van der Waals surface area contributed by atoms with Crippen molar-refractivity contribution in [3.63, 3.8) is 0 Å². The van der Waals surface area contributed by atoms with Gasteiger partial charge in [0.25, 0.3) is 0 Å². The van der Waals surface area contributed by atoms with Gasteiger partial charge in [0.15, 0.2) is 5.76 Å². The van der Waals surface area contributed by atoms with Crippen LogP contribution >= 0.6 is 0 Å². The molecular weight excluding hydrogens is 371 g/mol. The van der Waals surface area contributed by atoms with E-state index in [9.17, 15) is 4.39 Å². The summed E-state index contributed by atoms with van der Waals surface area (Å²) in [7, 11) is 2.05. The third kappa shape index (κ3) is 4.96. The summed E-state index contributed by atoms with van der Waals surface area (Å²) in [5.74, 6) is 1.25. The number of hydrogen-bond donors (Lipinski definition) is 0. The Morgan fingerprint density at radius 2 is 1.83 bits per heavy atom.